The van der Waals surface area contributed by atoms with Gasteiger partial charge in [0.25, 0.3) is 5.69 Å². The number of aromatic nitrogens is 1. The van der Waals surface area contributed by atoms with E-state index in [1.165, 1.54) is 24.3 Å². The van der Waals surface area contributed by atoms with Gasteiger partial charge >= 0.3 is 0 Å². The smallest absolute Gasteiger partial charge is 0.266 e. The van der Waals surface area contributed by atoms with Gasteiger partial charge < -0.3 is 0 Å². The zero-order valence-electron chi connectivity index (χ0n) is 11.2. The first kappa shape index (κ1) is 14.9. The molecule has 0 radical (unpaired) electrons. The lowest BCUT2D eigenvalue weighted by molar-refractivity contribution is -0.384. The van der Waals surface area contributed by atoms with Crippen LogP contribution in [0.2, 0.25) is 0 Å². The number of pyridine rings is 1. The van der Waals surface area contributed by atoms with Crippen LogP contribution in [0.25, 0.3) is 0 Å². The zero-order chi connectivity index (χ0) is 15.5. The van der Waals surface area contributed by atoms with Crippen LogP contribution in [-0.4, -0.2) is 24.6 Å². The van der Waals surface area contributed by atoms with Crippen molar-refractivity contribution in [2.45, 2.75) is 6.54 Å². The summed E-state index contributed by atoms with van der Waals surface area (Å²) in [5.74, 6) is 0. The van der Waals surface area contributed by atoms with Gasteiger partial charge in [0.05, 0.1) is 23.4 Å². The molecule has 1 aromatic heterocycles. The highest BCUT2D eigenvalue weighted by molar-refractivity contribution is 7.92. The number of nitro groups is 1. The summed E-state index contributed by atoms with van der Waals surface area (Å²) in [5, 5.41) is 10.8. The van der Waals surface area contributed by atoms with E-state index in [0.29, 0.717) is 5.56 Å². The van der Waals surface area contributed by atoms with Crippen LogP contribution in [0.4, 0.5) is 11.4 Å². The number of hydrogen-bond donors (Lipinski definition) is 0. The number of anilines is 1. The van der Waals surface area contributed by atoms with Crippen LogP contribution in [-0.2, 0) is 16.6 Å². The summed E-state index contributed by atoms with van der Waals surface area (Å²) in [5.41, 5.74) is 0.775. The molecule has 8 heteroatoms. The second-order valence-corrected chi connectivity index (χ2v) is 6.31. The number of nitro benzene ring substituents is 1. The van der Waals surface area contributed by atoms with Gasteiger partial charge in [-0.2, -0.15) is 0 Å². The summed E-state index contributed by atoms with van der Waals surface area (Å²) in [7, 11) is -3.58. The minimum absolute atomic E-state index is 0.0633. The Hall–Kier alpha value is -2.48. The van der Waals surface area contributed by atoms with Gasteiger partial charge in [-0.15, -0.1) is 0 Å². The predicted octanol–water partition coefficient (Wildman–Crippen LogP) is 1.96. The van der Waals surface area contributed by atoms with Crippen LogP contribution >= 0.6 is 0 Å². The number of benzene rings is 1. The Bertz CT molecular complexity index is 747. The molecular formula is C13H13N3O4S. The highest BCUT2D eigenvalue weighted by atomic mass is 32.2. The fraction of sp³-hybridized carbons (Fsp3) is 0.154. The Labute approximate surface area is 122 Å². The Morgan fingerprint density at radius 2 is 2.05 bits per heavy atom. The number of nitrogens with zero attached hydrogens (tertiary/aromatic N) is 3. The van der Waals surface area contributed by atoms with E-state index in [0.717, 1.165) is 10.6 Å². The molecule has 0 aliphatic heterocycles. The molecule has 7 nitrogen and oxygen atoms in total. The van der Waals surface area contributed by atoms with Crippen molar-refractivity contribution in [2.75, 3.05) is 10.6 Å². The van der Waals surface area contributed by atoms with Crippen LogP contribution in [0, 0.1) is 10.1 Å². The molecule has 0 unspecified atom stereocenters. The van der Waals surface area contributed by atoms with E-state index in [9.17, 15) is 18.5 Å². The summed E-state index contributed by atoms with van der Waals surface area (Å²) in [4.78, 5) is 14.2. The van der Waals surface area contributed by atoms with E-state index in [4.69, 9.17) is 0 Å². The molecule has 0 aliphatic rings. The van der Waals surface area contributed by atoms with E-state index in [-0.39, 0.29) is 17.9 Å². The molecule has 110 valence electrons. The molecule has 0 bridgehead atoms. The number of hydrogen-bond acceptors (Lipinski definition) is 5. The zero-order valence-corrected chi connectivity index (χ0v) is 12.0. The Balaban J connectivity index is 2.42. The summed E-state index contributed by atoms with van der Waals surface area (Å²) in [6.45, 7) is 0.0633. The lowest BCUT2D eigenvalue weighted by Gasteiger charge is -2.22. The molecule has 2 aromatic rings. The van der Waals surface area contributed by atoms with Crippen LogP contribution in [0.15, 0.2) is 48.8 Å². The molecule has 0 spiro atoms. The van der Waals surface area contributed by atoms with Gasteiger partial charge in [-0.25, -0.2) is 8.42 Å². The summed E-state index contributed by atoms with van der Waals surface area (Å²) in [6, 6.07) is 8.95. The predicted molar refractivity (Wildman–Crippen MR) is 78.4 cm³/mol. The highest BCUT2D eigenvalue weighted by Gasteiger charge is 2.20. The van der Waals surface area contributed by atoms with Crippen molar-refractivity contribution in [3.63, 3.8) is 0 Å². The van der Waals surface area contributed by atoms with Gasteiger partial charge in [0, 0.05) is 24.5 Å². The van der Waals surface area contributed by atoms with Crippen LogP contribution in [0.1, 0.15) is 5.56 Å². The minimum Gasteiger partial charge on any atom is -0.266 e. The van der Waals surface area contributed by atoms with Crippen LogP contribution < -0.4 is 4.31 Å². The normalized spacial score (nSPS) is 11.1. The van der Waals surface area contributed by atoms with Crippen molar-refractivity contribution >= 4 is 21.4 Å². The van der Waals surface area contributed by atoms with Crippen molar-refractivity contribution in [1.82, 2.24) is 4.98 Å². The van der Waals surface area contributed by atoms with E-state index in [2.05, 4.69) is 4.98 Å². The molecule has 21 heavy (non-hydrogen) atoms. The first-order valence-corrected chi connectivity index (χ1v) is 7.84. The number of sulfonamides is 1. The van der Waals surface area contributed by atoms with Gasteiger partial charge in [0.1, 0.15) is 0 Å². The molecule has 0 aliphatic carbocycles. The largest absolute Gasteiger partial charge is 0.271 e. The number of rotatable bonds is 5. The van der Waals surface area contributed by atoms with Gasteiger partial charge in [0.15, 0.2) is 0 Å². The van der Waals surface area contributed by atoms with Crippen molar-refractivity contribution in [3.05, 3.63) is 64.5 Å². The van der Waals surface area contributed by atoms with Crippen molar-refractivity contribution in [1.29, 1.82) is 0 Å². The third kappa shape index (κ3) is 3.76. The van der Waals surface area contributed by atoms with Gasteiger partial charge in [-0.05, 0) is 17.7 Å². The molecule has 2 rings (SSSR count). The third-order valence-corrected chi connectivity index (χ3v) is 3.92. The average Bonchev–Trinajstić information content (AvgIpc) is 2.45. The van der Waals surface area contributed by atoms with Gasteiger partial charge in [-0.3, -0.25) is 19.4 Å². The Kier molecular flexibility index (Phi) is 4.18. The minimum atomic E-state index is -3.58. The first-order chi connectivity index (χ1) is 9.88. The lowest BCUT2D eigenvalue weighted by atomic mass is 10.2. The van der Waals surface area contributed by atoms with Gasteiger partial charge in [-0.1, -0.05) is 12.1 Å². The van der Waals surface area contributed by atoms with E-state index < -0.39 is 14.9 Å². The molecule has 0 saturated carbocycles. The summed E-state index contributed by atoms with van der Waals surface area (Å²) >= 11 is 0. The molecular weight excluding hydrogens is 294 g/mol. The first-order valence-electron chi connectivity index (χ1n) is 5.99. The van der Waals surface area contributed by atoms with E-state index in [1.807, 2.05) is 0 Å². The Morgan fingerprint density at radius 1 is 1.29 bits per heavy atom. The number of non-ortho nitro benzene ring substituents is 1. The molecule has 0 fully saturated rings. The molecule has 0 amide bonds. The maximum Gasteiger partial charge on any atom is 0.271 e. The fourth-order valence-electron chi connectivity index (χ4n) is 1.82. The second-order valence-electron chi connectivity index (χ2n) is 4.41. The molecule has 0 atom stereocenters. The standard InChI is InChI=1S/C13H13N3O4S/c1-21(19,20)15(10-11-4-3-7-14-9-11)12-5-2-6-13(8-12)16(17)18/h2-9H,10H2,1H3. The molecule has 1 aromatic carbocycles. The maximum atomic E-state index is 12.0. The lowest BCUT2D eigenvalue weighted by Crippen LogP contribution is -2.29. The average molecular weight is 307 g/mol. The monoisotopic (exact) mass is 307 g/mol. The fourth-order valence-corrected chi connectivity index (χ4v) is 2.70. The molecule has 0 N–H and O–H groups in total. The summed E-state index contributed by atoms with van der Waals surface area (Å²) < 4.78 is 25.0. The quantitative estimate of drug-likeness (QED) is 0.621. The molecule has 1 heterocycles. The van der Waals surface area contributed by atoms with Crippen LogP contribution in [0.3, 0.4) is 0 Å². The van der Waals surface area contributed by atoms with E-state index in [1.54, 1.807) is 24.5 Å². The van der Waals surface area contributed by atoms with Crippen molar-refractivity contribution in [2.24, 2.45) is 0 Å². The Morgan fingerprint density at radius 3 is 2.62 bits per heavy atom. The SMILES string of the molecule is CS(=O)(=O)N(Cc1cccnc1)c1cccc([N+](=O)[O-])c1. The topological polar surface area (TPSA) is 93.4 Å². The van der Waals surface area contributed by atoms with Crippen LogP contribution in [0.5, 0.6) is 0 Å². The third-order valence-electron chi connectivity index (χ3n) is 2.78. The van der Waals surface area contributed by atoms with Gasteiger partial charge in [0.2, 0.25) is 10.0 Å². The van der Waals surface area contributed by atoms with Crippen molar-refractivity contribution in [3.8, 4) is 0 Å². The second kappa shape index (κ2) is 5.88. The van der Waals surface area contributed by atoms with E-state index >= 15 is 0 Å². The maximum absolute atomic E-state index is 12.0. The highest BCUT2D eigenvalue weighted by Crippen LogP contribution is 2.24. The summed E-state index contributed by atoms with van der Waals surface area (Å²) in [6.07, 6.45) is 4.19. The molecule has 0 saturated heterocycles. The van der Waals surface area contributed by atoms with Crippen molar-refractivity contribution < 1.29 is 13.3 Å².